The van der Waals surface area contributed by atoms with Crippen LogP contribution >= 0.6 is 0 Å². The van der Waals surface area contributed by atoms with Gasteiger partial charge >= 0.3 is 6.03 Å². The van der Waals surface area contributed by atoms with Crippen LogP contribution in [0.15, 0.2) is 48.7 Å². The van der Waals surface area contributed by atoms with E-state index in [0.29, 0.717) is 12.5 Å². The van der Waals surface area contributed by atoms with Gasteiger partial charge in [0.25, 0.3) is 0 Å². The molecule has 3 N–H and O–H groups in total. The van der Waals surface area contributed by atoms with Crippen LogP contribution < -0.4 is 20.9 Å². The molecule has 0 bridgehead atoms. The van der Waals surface area contributed by atoms with Crippen LogP contribution in [0.2, 0.25) is 0 Å². The zero-order valence-corrected chi connectivity index (χ0v) is 14.1. The third-order valence-electron chi connectivity index (χ3n) is 5.22. The minimum absolute atomic E-state index is 0.0523. The SMILES string of the molecule is NC(=O)N1c2ccccc2N(c2ccccn2)CC1C1CCNCC1. The molecule has 4 rings (SSSR count). The Labute approximate surface area is 147 Å². The van der Waals surface area contributed by atoms with Crippen molar-refractivity contribution < 1.29 is 4.79 Å². The zero-order valence-electron chi connectivity index (χ0n) is 14.1. The number of anilines is 3. The minimum atomic E-state index is -0.378. The molecule has 2 amide bonds. The number of urea groups is 1. The van der Waals surface area contributed by atoms with Crippen LogP contribution in [0.1, 0.15) is 12.8 Å². The van der Waals surface area contributed by atoms with Crippen LogP contribution in [0.5, 0.6) is 0 Å². The van der Waals surface area contributed by atoms with Crippen molar-refractivity contribution in [1.82, 2.24) is 10.3 Å². The van der Waals surface area contributed by atoms with Crippen molar-refractivity contribution in [3.63, 3.8) is 0 Å². The van der Waals surface area contributed by atoms with Crippen molar-refractivity contribution in [2.45, 2.75) is 18.9 Å². The number of rotatable bonds is 2. The van der Waals surface area contributed by atoms with E-state index in [1.54, 1.807) is 11.1 Å². The number of primary amides is 1. The maximum atomic E-state index is 12.3. The Morgan fingerprint density at radius 3 is 2.48 bits per heavy atom. The lowest BCUT2D eigenvalue weighted by Crippen LogP contribution is -2.57. The predicted octanol–water partition coefficient (Wildman–Crippen LogP) is 2.49. The number of carbonyl (C=O) groups excluding carboxylic acids is 1. The molecule has 1 atom stereocenters. The third kappa shape index (κ3) is 2.93. The highest BCUT2D eigenvalue weighted by Gasteiger charge is 2.39. The summed E-state index contributed by atoms with van der Waals surface area (Å²) in [4.78, 5) is 20.8. The standard InChI is InChI=1S/C19H23N5O/c20-19(25)24-16-6-2-1-5-15(16)23(18-7-3-4-10-22-18)13-17(24)14-8-11-21-12-9-14/h1-7,10,14,17,21H,8-9,11-13H2,(H2,20,25). The summed E-state index contributed by atoms with van der Waals surface area (Å²) in [7, 11) is 0. The Hall–Kier alpha value is -2.60. The number of piperidine rings is 1. The van der Waals surface area contributed by atoms with E-state index >= 15 is 0 Å². The molecule has 25 heavy (non-hydrogen) atoms. The number of carbonyl (C=O) groups is 1. The first-order valence-electron chi connectivity index (χ1n) is 8.82. The molecular formula is C19H23N5O. The summed E-state index contributed by atoms with van der Waals surface area (Å²) in [5, 5.41) is 3.40. The zero-order chi connectivity index (χ0) is 17.2. The molecule has 0 spiro atoms. The molecule has 2 aliphatic rings. The Kier molecular flexibility index (Phi) is 4.28. The maximum Gasteiger partial charge on any atom is 0.319 e. The molecule has 0 radical (unpaired) electrons. The summed E-state index contributed by atoms with van der Waals surface area (Å²) in [6.45, 7) is 2.68. The van der Waals surface area contributed by atoms with Gasteiger partial charge in [-0.25, -0.2) is 9.78 Å². The monoisotopic (exact) mass is 337 g/mol. The van der Waals surface area contributed by atoms with Crippen LogP contribution in [-0.2, 0) is 0 Å². The van der Waals surface area contributed by atoms with Crippen LogP contribution in [0.4, 0.5) is 22.0 Å². The molecule has 6 heteroatoms. The van der Waals surface area contributed by atoms with Gasteiger partial charge in [0.2, 0.25) is 0 Å². The first-order valence-corrected chi connectivity index (χ1v) is 8.82. The average Bonchev–Trinajstić information content (AvgIpc) is 2.68. The molecule has 3 heterocycles. The van der Waals surface area contributed by atoms with Crippen molar-refractivity contribution in [3.05, 3.63) is 48.7 Å². The number of aromatic nitrogens is 1. The number of fused-ring (bicyclic) bond motifs is 1. The van der Waals surface area contributed by atoms with Crippen LogP contribution in [0.25, 0.3) is 0 Å². The molecule has 1 aromatic carbocycles. The van der Waals surface area contributed by atoms with Gasteiger partial charge in [-0.2, -0.15) is 0 Å². The lowest BCUT2D eigenvalue weighted by Gasteiger charge is -2.46. The molecule has 1 unspecified atom stereocenters. The second-order valence-electron chi connectivity index (χ2n) is 6.65. The first kappa shape index (κ1) is 15.9. The fraction of sp³-hybridized carbons (Fsp3) is 0.368. The third-order valence-corrected chi connectivity index (χ3v) is 5.22. The average molecular weight is 337 g/mol. The largest absolute Gasteiger partial charge is 0.351 e. The normalized spacial score (nSPS) is 21.0. The van der Waals surface area contributed by atoms with Gasteiger partial charge in [-0.3, -0.25) is 4.90 Å². The second kappa shape index (κ2) is 6.72. The highest BCUT2D eigenvalue weighted by Crippen LogP contribution is 2.41. The lowest BCUT2D eigenvalue weighted by molar-refractivity contribution is 0.242. The number of amides is 2. The molecule has 1 fully saturated rings. The van der Waals surface area contributed by atoms with Gasteiger partial charge in [0.05, 0.1) is 17.4 Å². The predicted molar refractivity (Wildman–Crippen MR) is 99.1 cm³/mol. The van der Waals surface area contributed by atoms with E-state index in [1.165, 1.54) is 0 Å². The number of pyridine rings is 1. The molecule has 0 saturated carbocycles. The Bertz CT molecular complexity index is 744. The fourth-order valence-electron chi connectivity index (χ4n) is 4.04. The molecule has 2 aromatic rings. The van der Waals surface area contributed by atoms with E-state index in [4.69, 9.17) is 5.73 Å². The quantitative estimate of drug-likeness (QED) is 0.883. The smallest absolute Gasteiger partial charge is 0.319 e. The maximum absolute atomic E-state index is 12.3. The highest BCUT2D eigenvalue weighted by atomic mass is 16.2. The molecule has 1 saturated heterocycles. The number of hydrogen-bond donors (Lipinski definition) is 2. The number of nitrogens with two attached hydrogens (primary N) is 1. The summed E-state index contributed by atoms with van der Waals surface area (Å²) in [6, 6.07) is 13.5. The van der Waals surface area contributed by atoms with Gasteiger partial charge in [-0.15, -0.1) is 0 Å². The summed E-state index contributed by atoms with van der Waals surface area (Å²) < 4.78 is 0. The lowest BCUT2D eigenvalue weighted by atomic mass is 9.87. The summed E-state index contributed by atoms with van der Waals surface area (Å²) >= 11 is 0. The van der Waals surface area contributed by atoms with Crippen LogP contribution in [0.3, 0.4) is 0 Å². The van der Waals surface area contributed by atoms with Gasteiger partial charge in [-0.1, -0.05) is 18.2 Å². The summed E-state index contributed by atoms with van der Waals surface area (Å²) in [6.07, 6.45) is 3.90. The molecule has 2 aliphatic heterocycles. The van der Waals surface area contributed by atoms with Crippen LogP contribution in [0, 0.1) is 5.92 Å². The fourth-order valence-corrected chi connectivity index (χ4v) is 4.04. The number of nitrogens with one attached hydrogen (secondary N) is 1. The molecular weight excluding hydrogens is 314 g/mol. The Morgan fingerprint density at radius 1 is 1.08 bits per heavy atom. The highest BCUT2D eigenvalue weighted by molar-refractivity contribution is 5.97. The first-order chi connectivity index (χ1) is 12.3. The minimum Gasteiger partial charge on any atom is -0.351 e. The van der Waals surface area contributed by atoms with E-state index in [2.05, 4.69) is 15.2 Å². The van der Waals surface area contributed by atoms with E-state index in [0.717, 1.165) is 43.1 Å². The van der Waals surface area contributed by atoms with Crippen molar-refractivity contribution in [2.75, 3.05) is 29.4 Å². The molecule has 0 aliphatic carbocycles. The number of para-hydroxylation sites is 2. The number of benzene rings is 1. The van der Waals surface area contributed by atoms with E-state index in [9.17, 15) is 4.79 Å². The van der Waals surface area contributed by atoms with E-state index in [-0.39, 0.29) is 12.1 Å². The summed E-state index contributed by atoms with van der Waals surface area (Å²) in [5.74, 6) is 1.33. The number of hydrogen-bond acceptors (Lipinski definition) is 4. The van der Waals surface area contributed by atoms with Gasteiger partial charge in [0, 0.05) is 12.7 Å². The van der Waals surface area contributed by atoms with E-state index in [1.807, 2.05) is 42.5 Å². The second-order valence-corrected chi connectivity index (χ2v) is 6.65. The van der Waals surface area contributed by atoms with Gasteiger partial charge in [0.1, 0.15) is 5.82 Å². The summed E-state index contributed by atoms with van der Waals surface area (Å²) in [5.41, 5.74) is 7.65. The van der Waals surface area contributed by atoms with Gasteiger partial charge in [-0.05, 0) is 56.1 Å². The molecule has 6 nitrogen and oxygen atoms in total. The van der Waals surface area contributed by atoms with Crippen LogP contribution in [-0.4, -0.2) is 36.7 Å². The van der Waals surface area contributed by atoms with Crippen molar-refractivity contribution >= 4 is 23.2 Å². The Balaban J connectivity index is 1.79. The van der Waals surface area contributed by atoms with E-state index < -0.39 is 0 Å². The molecule has 130 valence electrons. The topological polar surface area (TPSA) is 74.5 Å². The van der Waals surface area contributed by atoms with Crippen molar-refractivity contribution in [3.8, 4) is 0 Å². The van der Waals surface area contributed by atoms with Crippen molar-refractivity contribution in [2.24, 2.45) is 11.7 Å². The molecule has 1 aromatic heterocycles. The van der Waals surface area contributed by atoms with Gasteiger partial charge < -0.3 is 16.0 Å². The van der Waals surface area contributed by atoms with Crippen molar-refractivity contribution in [1.29, 1.82) is 0 Å². The van der Waals surface area contributed by atoms with Gasteiger partial charge in [0.15, 0.2) is 0 Å². The Morgan fingerprint density at radius 2 is 1.80 bits per heavy atom. The number of nitrogens with zero attached hydrogens (tertiary/aromatic N) is 3.